The Hall–Kier alpha value is -2.13. The summed E-state index contributed by atoms with van der Waals surface area (Å²) in [4.78, 5) is 23.2. The number of primary sulfonamides is 1. The molecule has 1 aromatic carbocycles. The van der Waals surface area contributed by atoms with Crippen LogP contribution in [-0.2, 0) is 19.6 Å². The van der Waals surface area contributed by atoms with Gasteiger partial charge in [0.25, 0.3) is 5.91 Å². The molecule has 0 saturated carbocycles. The topological polar surface area (TPSA) is 125 Å². The maximum Gasteiger partial charge on any atom is 0.342 e. The molecule has 1 aromatic rings. The van der Waals surface area contributed by atoms with Crippen LogP contribution in [0.5, 0.6) is 5.75 Å². The molecule has 22 heavy (non-hydrogen) atoms. The van der Waals surface area contributed by atoms with E-state index in [1.54, 1.807) is 13.8 Å². The molecule has 0 aliphatic carbocycles. The molecule has 0 atom stereocenters. The van der Waals surface area contributed by atoms with Gasteiger partial charge in [-0.25, -0.2) is 18.4 Å². The molecule has 1 amide bonds. The van der Waals surface area contributed by atoms with Crippen LogP contribution in [-0.4, -0.2) is 40.1 Å². The number of hydrogen-bond acceptors (Lipinski definition) is 6. The van der Waals surface area contributed by atoms with Crippen LogP contribution in [0.25, 0.3) is 0 Å². The minimum Gasteiger partial charge on any atom is -0.496 e. The summed E-state index contributed by atoms with van der Waals surface area (Å²) >= 11 is 0. The number of nitrogens with one attached hydrogen (secondary N) is 1. The van der Waals surface area contributed by atoms with Gasteiger partial charge in [-0.05, 0) is 32.0 Å². The molecule has 3 N–H and O–H groups in total. The van der Waals surface area contributed by atoms with Crippen molar-refractivity contribution in [3.63, 3.8) is 0 Å². The number of sulfonamides is 1. The lowest BCUT2D eigenvalue weighted by atomic mass is 10.2. The van der Waals surface area contributed by atoms with E-state index in [1.807, 2.05) is 0 Å². The van der Waals surface area contributed by atoms with Crippen molar-refractivity contribution in [2.75, 3.05) is 13.7 Å². The molecule has 9 heteroatoms. The molecule has 0 fully saturated rings. The minimum absolute atomic E-state index is 0.0913. The van der Waals surface area contributed by atoms with Gasteiger partial charge in [-0.2, -0.15) is 0 Å². The summed E-state index contributed by atoms with van der Waals surface area (Å²) in [5, 5.41) is 7.56. The maximum absolute atomic E-state index is 12.0. The highest BCUT2D eigenvalue weighted by molar-refractivity contribution is 7.89. The number of carbonyl (C=O) groups excluding carboxylic acids is 2. The van der Waals surface area contributed by atoms with Crippen LogP contribution in [0.1, 0.15) is 24.2 Å². The summed E-state index contributed by atoms with van der Waals surface area (Å²) in [6.07, 6.45) is 0. The van der Waals surface area contributed by atoms with Gasteiger partial charge in [0.2, 0.25) is 10.0 Å². The number of rotatable bonds is 6. The first-order chi connectivity index (χ1) is 10.1. The summed E-state index contributed by atoms with van der Waals surface area (Å²) in [6.45, 7) is 3.04. The molecule has 0 saturated heterocycles. The van der Waals surface area contributed by atoms with Crippen LogP contribution in [0, 0.1) is 0 Å². The van der Waals surface area contributed by atoms with E-state index in [1.165, 1.54) is 19.2 Å². The summed E-state index contributed by atoms with van der Waals surface area (Å²) in [6, 6.07) is 3.43. The average Bonchev–Trinajstić information content (AvgIpc) is 2.42. The Morgan fingerprint density at radius 3 is 2.45 bits per heavy atom. The van der Waals surface area contributed by atoms with Gasteiger partial charge in [0.05, 0.1) is 12.0 Å². The van der Waals surface area contributed by atoms with Crippen LogP contribution < -0.4 is 15.2 Å². The van der Waals surface area contributed by atoms with E-state index in [9.17, 15) is 18.0 Å². The first-order valence-corrected chi connectivity index (χ1v) is 7.87. The molecule has 0 unspecified atom stereocenters. The molecule has 8 nitrogen and oxygen atoms in total. The number of ether oxygens (including phenoxy) is 2. The largest absolute Gasteiger partial charge is 0.496 e. The molecule has 0 radical (unpaired) electrons. The summed E-state index contributed by atoms with van der Waals surface area (Å²) in [5.41, 5.74) is -0.133. The van der Waals surface area contributed by atoms with E-state index in [2.05, 4.69) is 5.32 Å². The third-order valence-corrected chi connectivity index (χ3v) is 3.41. The lowest BCUT2D eigenvalue weighted by Gasteiger charge is -2.11. The highest BCUT2D eigenvalue weighted by Gasteiger charge is 2.19. The SMILES string of the molecule is COc1ccc(S(N)(=O)=O)cc1C(=O)OCC(=O)NC(C)C. The lowest BCUT2D eigenvalue weighted by Crippen LogP contribution is -2.34. The highest BCUT2D eigenvalue weighted by Crippen LogP contribution is 2.22. The number of esters is 1. The Bertz CT molecular complexity index is 669. The Kier molecular flexibility index (Phi) is 5.89. The smallest absolute Gasteiger partial charge is 0.342 e. The Labute approximate surface area is 128 Å². The number of nitrogens with two attached hydrogens (primary N) is 1. The fraction of sp³-hybridized carbons (Fsp3) is 0.385. The van der Waals surface area contributed by atoms with Crippen molar-refractivity contribution >= 4 is 21.9 Å². The molecule has 1 rings (SSSR count). The lowest BCUT2D eigenvalue weighted by molar-refractivity contribution is -0.124. The van der Waals surface area contributed by atoms with Crippen molar-refractivity contribution in [3.05, 3.63) is 23.8 Å². The van der Waals surface area contributed by atoms with E-state index in [0.29, 0.717) is 0 Å². The second-order valence-electron chi connectivity index (χ2n) is 4.71. The van der Waals surface area contributed by atoms with Crippen LogP contribution >= 0.6 is 0 Å². The van der Waals surface area contributed by atoms with Gasteiger partial charge in [-0.3, -0.25) is 4.79 Å². The summed E-state index contributed by atoms with van der Waals surface area (Å²) < 4.78 is 32.4. The van der Waals surface area contributed by atoms with Gasteiger partial charge in [-0.1, -0.05) is 0 Å². The van der Waals surface area contributed by atoms with E-state index in [-0.39, 0.29) is 22.3 Å². The van der Waals surface area contributed by atoms with E-state index < -0.39 is 28.5 Å². The number of carbonyl (C=O) groups is 2. The predicted octanol–water partition coefficient (Wildman–Crippen LogP) is 0.0240. The van der Waals surface area contributed by atoms with Crippen LogP contribution in [0.4, 0.5) is 0 Å². The van der Waals surface area contributed by atoms with Gasteiger partial charge in [0, 0.05) is 6.04 Å². The number of benzene rings is 1. The van der Waals surface area contributed by atoms with Crippen molar-refractivity contribution in [2.24, 2.45) is 5.14 Å². The standard InChI is InChI=1S/C13H18N2O6S/c1-8(2)15-12(16)7-21-13(17)10-6-9(22(14,18)19)4-5-11(10)20-3/h4-6,8H,7H2,1-3H3,(H,15,16)(H2,14,18,19). The molecule has 0 bridgehead atoms. The Morgan fingerprint density at radius 1 is 1.32 bits per heavy atom. The van der Waals surface area contributed by atoms with Crippen LogP contribution in [0.2, 0.25) is 0 Å². The Morgan fingerprint density at radius 2 is 1.95 bits per heavy atom. The van der Waals surface area contributed by atoms with E-state index in [0.717, 1.165) is 6.07 Å². The van der Waals surface area contributed by atoms with Gasteiger partial charge in [0.15, 0.2) is 6.61 Å². The summed E-state index contributed by atoms with van der Waals surface area (Å²) in [7, 11) is -2.66. The number of methoxy groups -OCH3 is 1. The van der Waals surface area contributed by atoms with Crippen molar-refractivity contribution < 1.29 is 27.5 Å². The van der Waals surface area contributed by atoms with E-state index >= 15 is 0 Å². The maximum atomic E-state index is 12.0. The van der Waals surface area contributed by atoms with Crippen molar-refractivity contribution in [3.8, 4) is 5.75 Å². The zero-order valence-corrected chi connectivity index (χ0v) is 13.3. The number of amides is 1. The summed E-state index contributed by atoms with van der Waals surface area (Å²) in [5.74, 6) is -1.24. The van der Waals surface area contributed by atoms with Crippen molar-refractivity contribution in [1.29, 1.82) is 0 Å². The molecule has 0 aliphatic heterocycles. The normalized spacial score (nSPS) is 11.1. The van der Waals surface area contributed by atoms with Crippen LogP contribution in [0.3, 0.4) is 0 Å². The quantitative estimate of drug-likeness (QED) is 0.709. The second kappa shape index (κ2) is 7.23. The molecular formula is C13H18N2O6S. The zero-order chi connectivity index (χ0) is 16.9. The third-order valence-electron chi connectivity index (χ3n) is 2.50. The van der Waals surface area contributed by atoms with Crippen molar-refractivity contribution in [2.45, 2.75) is 24.8 Å². The first-order valence-electron chi connectivity index (χ1n) is 6.32. The fourth-order valence-corrected chi connectivity index (χ4v) is 2.14. The van der Waals surface area contributed by atoms with Crippen LogP contribution in [0.15, 0.2) is 23.1 Å². The van der Waals surface area contributed by atoms with E-state index in [4.69, 9.17) is 14.6 Å². The fourth-order valence-electron chi connectivity index (χ4n) is 1.60. The predicted molar refractivity (Wildman–Crippen MR) is 77.9 cm³/mol. The van der Waals surface area contributed by atoms with Gasteiger partial charge >= 0.3 is 5.97 Å². The molecule has 0 aliphatic rings. The van der Waals surface area contributed by atoms with Crippen molar-refractivity contribution in [1.82, 2.24) is 5.32 Å². The third kappa shape index (κ3) is 5.01. The Balaban J connectivity index is 2.94. The zero-order valence-electron chi connectivity index (χ0n) is 12.5. The second-order valence-corrected chi connectivity index (χ2v) is 6.27. The molecule has 0 spiro atoms. The molecule has 122 valence electrons. The van der Waals surface area contributed by atoms with Gasteiger partial charge in [0.1, 0.15) is 11.3 Å². The monoisotopic (exact) mass is 330 g/mol. The van der Waals surface area contributed by atoms with Gasteiger partial charge in [-0.15, -0.1) is 0 Å². The highest BCUT2D eigenvalue weighted by atomic mass is 32.2. The molecule has 0 aromatic heterocycles. The minimum atomic E-state index is -3.97. The molecular weight excluding hydrogens is 312 g/mol. The average molecular weight is 330 g/mol. The first kappa shape index (κ1) is 17.9. The van der Waals surface area contributed by atoms with Gasteiger partial charge < -0.3 is 14.8 Å². The molecule has 0 heterocycles. The number of hydrogen-bond donors (Lipinski definition) is 2.